The SMILES string of the molecule is O=C(O)Cc1cn(-c2ccccc2)nc1-c1ccc(Cl)cc1.[CaH2]. The Morgan fingerprint density at radius 1 is 1.09 bits per heavy atom. The number of rotatable bonds is 4. The van der Waals surface area contributed by atoms with Crippen molar-refractivity contribution in [1.82, 2.24) is 9.78 Å². The van der Waals surface area contributed by atoms with E-state index >= 15 is 0 Å². The summed E-state index contributed by atoms with van der Waals surface area (Å²) in [6.07, 6.45) is 1.68. The predicted octanol–water partition coefficient (Wildman–Crippen LogP) is 2.90. The Labute approximate surface area is 168 Å². The molecule has 0 aliphatic heterocycles. The van der Waals surface area contributed by atoms with E-state index in [1.807, 2.05) is 42.5 Å². The molecule has 1 N–H and O–H groups in total. The summed E-state index contributed by atoms with van der Waals surface area (Å²) in [7, 11) is 0. The first kappa shape index (κ1) is 18.0. The van der Waals surface area contributed by atoms with Gasteiger partial charge in [0.1, 0.15) is 0 Å². The van der Waals surface area contributed by atoms with E-state index in [-0.39, 0.29) is 44.2 Å². The number of carboxylic acids is 1. The molecule has 0 amide bonds. The summed E-state index contributed by atoms with van der Waals surface area (Å²) in [6.45, 7) is 0. The van der Waals surface area contributed by atoms with Crippen molar-refractivity contribution >= 4 is 55.3 Å². The molecular formula is C17H15CaClN2O2. The van der Waals surface area contributed by atoms with Crippen LogP contribution < -0.4 is 0 Å². The first-order chi connectivity index (χ1) is 10.6. The summed E-state index contributed by atoms with van der Waals surface area (Å²) in [5, 5.41) is 14.3. The average Bonchev–Trinajstić information content (AvgIpc) is 2.92. The minimum atomic E-state index is -0.886. The van der Waals surface area contributed by atoms with Crippen molar-refractivity contribution in [3.8, 4) is 16.9 Å². The molecule has 0 aliphatic rings. The molecule has 2 aromatic carbocycles. The van der Waals surface area contributed by atoms with Crippen molar-refractivity contribution in [2.24, 2.45) is 0 Å². The van der Waals surface area contributed by atoms with Gasteiger partial charge in [0.05, 0.1) is 17.8 Å². The molecule has 3 rings (SSSR count). The molecule has 0 bridgehead atoms. The van der Waals surface area contributed by atoms with Crippen molar-refractivity contribution < 1.29 is 9.90 Å². The van der Waals surface area contributed by atoms with E-state index in [2.05, 4.69) is 5.10 Å². The van der Waals surface area contributed by atoms with Gasteiger partial charge in [0.25, 0.3) is 0 Å². The number of aliphatic carboxylic acids is 1. The molecule has 0 fully saturated rings. The molecule has 23 heavy (non-hydrogen) atoms. The fourth-order valence-corrected chi connectivity index (χ4v) is 2.39. The molecule has 0 unspecified atom stereocenters. The molecule has 0 radical (unpaired) electrons. The predicted molar refractivity (Wildman–Crippen MR) is 93.9 cm³/mol. The topological polar surface area (TPSA) is 55.1 Å². The molecule has 1 aromatic heterocycles. The summed E-state index contributed by atoms with van der Waals surface area (Å²) in [5.41, 5.74) is 3.05. The fourth-order valence-electron chi connectivity index (χ4n) is 2.27. The molecule has 114 valence electrons. The van der Waals surface area contributed by atoms with Gasteiger partial charge in [-0.05, 0) is 24.3 Å². The van der Waals surface area contributed by atoms with Crippen LogP contribution in [0.4, 0.5) is 0 Å². The van der Waals surface area contributed by atoms with Gasteiger partial charge in [-0.2, -0.15) is 5.10 Å². The van der Waals surface area contributed by atoms with Gasteiger partial charge in [-0.25, -0.2) is 4.68 Å². The summed E-state index contributed by atoms with van der Waals surface area (Å²) >= 11 is 5.90. The summed E-state index contributed by atoms with van der Waals surface area (Å²) < 4.78 is 1.70. The number of nitrogens with zero attached hydrogens (tertiary/aromatic N) is 2. The molecule has 1 heterocycles. The number of carboxylic acid groups (broad SMARTS) is 1. The van der Waals surface area contributed by atoms with Gasteiger partial charge in [-0.1, -0.05) is 41.9 Å². The molecule has 0 saturated heterocycles. The molecule has 6 heteroatoms. The van der Waals surface area contributed by atoms with Crippen LogP contribution in [0, 0.1) is 0 Å². The van der Waals surface area contributed by atoms with E-state index in [1.165, 1.54) is 0 Å². The van der Waals surface area contributed by atoms with Crippen LogP contribution >= 0.6 is 11.6 Å². The van der Waals surface area contributed by atoms with E-state index < -0.39 is 5.97 Å². The Kier molecular flexibility index (Phi) is 6.25. The number of halogens is 1. The van der Waals surface area contributed by atoms with Crippen molar-refractivity contribution in [1.29, 1.82) is 0 Å². The van der Waals surface area contributed by atoms with Crippen LogP contribution in [-0.4, -0.2) is 58.6 Å². The molecule has 0 aliphatic carbocycles. The Morgan fingerprint density at radius 3 is 2.35 bits per heavy atom. The summed E-state index contributed by atoms with van der Waals surface area (Å²) in [5.74, 6) is -0.886. The van der Waals surface area contributed by atoms with E-state index in [4.69, 9.17) is 16.7 Å². The zero-order valence-corrected chi connectivity index (χ0v) is 12.4. The maximum atomic E-state index is 11.1. The van der Waals surface area contributed by atoms with Gasteiger partial charge in [-0.3, -0.25) is 4.79 Å². The summed E-state index contributed by atoms with van der Waals surface area (Å²) in [4.78, 5) is 11.1. The van der Waals surface area contributed by atoms with Crippen LogP contribution in [-0.2, 0) is 11.2 Å². The van der Waals surface area contributed by atoms with Crippen LogP contribution in [0.1, 0.15) is 5.56 Å². The van der Waals surface area contributed by atoms with E-state index in [1.54, 1.807) is 23.0 Å². The minimum absolute atomic E-state index is 0. The van der Waals surface area contributed by atoms with Crippen LogP contribution in [0.15, 0.2) is 60.8 Å². The Hall–Kier alpha value is -1.33. The van der Waals surface area contributed by atoms with Gasteiger partial charge in [0.15, 0.2) is 0 Å². The van der Waals surface area contributed by atoms with Crippen LogP contribution in [0.3, 0.4) is 0 Å². The van der Waals surface area contributed by atoms with E-state index in [9.17, 15) is 4.79 Å². The molecule has 0 atom stereocenters. The van der Waals surface area contributed by atoms with Gasteiger partial charge >= 0.3 is 43.7 Å². The monoisotopic (exact) mass is 354 g/mol. The normalized spacial score (nSPS) is 10.1. The standard InChI is InChI=1S/C17H13ClN2O2.Ca.2H/c18-14-8-6-12(7-9-14)17-13(10-16(21)22)11-20(19-17)15-4-2-1-3-5-15;;;/h1-9,11H,10H2,(H,21,22);;;. The Balaban J connectivity index is 0.00000192. The third-order valence-electron chi connectivity index (χ3n) is 3.27. The van der Waals surface area contributed by atoms with Crippen LogP contribution in [0.2, 0.25) is 5.02 Å². The van der Waals surface area contributed by atoms with Gasteiger partial charge in [0.2, 0.25) is 0 Å². The van der Waals surface area contributed by atoms with Crippen molar-refractivity contribution in [3.05, 3.63) is 71.4 Å². The fraction of sp³-hybridized carbons (Fsp3) is 0.0588. The molecule has 4 nitrogen and oxygen atoms in total. The molecular weight excluding hydrogens is 340 g/mol. The van der Waals surface area contributed by atoms with Crippen LogP contribution in [0.25, 0.3) is 16.9 Å². The van der Waals surface area contributed by atoms with Gasteiger partial charge < -0.3 is 5.11 Å². The number of aromatic nitrogens is 2. The zero-order chi connectivity index (χ0) is 15.5. The average molecular weight is 355 g/mol. The Bertz CT molecular complexity index is 801. The second-order valence-electron chi connectivity index (χ2n) is 4.86. The number of carbonyl (C=O) groups is 1. The summed E-state index contributed by atoms with van der Waals surface area (Å²) in [6, 6.07) is 16.8. The van der Waals surface area contributed by atoms with Gasteiger partial charge in [0, 0.05) is 22.3 Å². The molecule has 3 aromatic rings. The number of para-hydroxylation sites is 1. The van der Waals surface area contributed by atoms with Crippen molar-refractivity contribution in [3.63, 3.8) is 0 Å². The third-order valence-corrected chi connectivity index (χ3v) is 3.52. The first-order valence-electron chi connectivity index (χ1n) is 6.75. The number of benzene rings is 2. The van der Waals surface area contributed by atoms with E-state index in [0.717, 1.165) is 11.3 Å². The quantitative estimate of drug-likeness (QED) is 0.733. The second kappa shape index (κ2) is 7.97. The number of hydrogen-bond donors (Lipinski definition) is 1. The molecule has 0 saturated carbocycles. The number of hydrogen-bond acceptors (Lipinski definition) is 2. The van der Waals surface area contributed by atoms with E-state index in [0.29, 0.717) is 16.3 Å². The maximum absolute atomic E-state index is 11.1. The third kappa shape index (κ3) is 4.36. The van der Waals surface area contributed by atoms with Crippen molar-refractivity contribution in [2.75, 3.05) is 0 Å². The Morgan fingerprint density at radius 2 is 1.74 bits per heavy atom. The zero-order valence-electron chi connectivity index (χ0n) is 11.6. The second-order valence-corrected chi connectivity index (χ2v) is 5.30. The molecule has 0 spiro atoms. The van der Waals surface area contributed by atoms with Gasteiger partial charge in [-0.15, -0.1) is 0 Å². The van der Waals surface area contributed by atoms with Crippen molar-refractivity contribution in [2.45, 2.75) is 6.42 Å². The van der Waals surface area contributed by atoms with Crippen LogP contribution in [0.5, 0.6) is 0 Å². The first-order valence-corrected chi connectivity index (χ1v) is 7.13.